The molecule has 0 radical (unpaired) electrons. The van der Waals surface area contributed by atoms with Crippen LogP contribution in [0.25, 0.3) is 0 Å². The fourth-order valence-corrected chi connectivity index (χ4v) is 5.51. The topological polar surface area (TPSA) is 58.6 Å². The molecule has 0 spiro atoms. The fourth-order valence-electron chi connectivity index (χ4n) is 4.52. The normalized spacial score (nSPS) is 14.2. The van der Waals surface area contributed by atoms with Gasteiger partial charge in [-0.1, -0.05) is 98.8 Å². The van der Waals surface area contributed by atoms with Crippen molar-refractivity contribution < 1.29 is 14.3 Å². The first-order valence-corrected chi connectivity index (χ1v) is 14.3. The largest absolute Gasteiger partial charge is 0.482 e. The Balaban J connectivity index is 1.61. The maximum Gasteiger partial charge on any atom is 0.261 e. The highest BCUT2D eigenvalue weighted by Gasteiger charge is 2.32. The Hall–Kier alpha value is -2.35. The van der Waals surface area contributed by atoms with Crippen LogP contribution in [0.15, 0.2) is 81.7 Å². The van der Waals surface area contributed by atoms with Crippen LogP contribution >= 0.6 is 43.5 Å². The molecule has 1 N–H and O–H groups in total. The molecule has 3 aromatic carbocycles. The van der Waals surface area contributed by atoms with E-state index in [-0.39, 0.29) is 31.0 Å². The lowest BCUT2D eigenvalue weighted by Crippen LogP contribution is -2.53. The SMILES string of the molecule is O=C(NC1CCCC1)[C@H](Cc1ccccc1)N(Cc1ccc(Br)cc1)C(=O)COc1ccc(Br)cc1Cl. The molecule has 3 aromatic rings. The van der Waals surface area contributed by atoms with E-state index in [2.05, 4.69) is 37.2 Å². The number of amides is 2. The van der Waals surface area contributed by atoms with Crippen molar-refractivity contribution in [2.24, 2.45) is 0 Å². The standard InChI is InChI=1S/C29H29Br2ClN2O3/c30-22-12-10-21(11-13-22)18-34(28(35)19-37-27-15-14-23(31)17-25(27)32)26(16-20-6-2-1-3-7-20)29(36)33-24-8-4-5-9-24/h1-3,6-7,10-15,17,24,26H,4-5,8-9,16,18-19H2,(H,33,36)/t26-/m0/s1. The van der Waals surface area contributed by atoms with E-state index in [0.29, 0.717) is 17.2 Å². The second kappa shape index (κ2) is 13.4. The van der Waals surface area contributed by atoms with Crippen molar-refractivity contribution in [1.29, 1.82) is 0 Å². The average molecular weight is 649 g/mol. The zero-order chi connectivity index (χ0) is 26.2. The minimum atomic E-state index is -0.692. The summed E-state index contributed by atoms with van der Waals surface area (Å²) in [5.74, 6) is -0.0101. The van der Waals surface area contributed by atoms with Crippen LogP contribution in [0.1, 0.15) is 36.8 Å². The van der Waals surface area contributed by atoms with E-state index >= 15 is 0 Å². The lowest BCUT2D eigenvalue weighted by atomic mass is 10.0. The monoisotopic (exact) mass is 646 g/mol. The number of carbonyl (C=O) groups excluding carboxylic acids is 2. The van der Waals surface area contributed by atoms with Crippen LogP contribution in [-0.4, -0.2) is 35.4 Å². The van der Waals surface area contributed by atoms with Crippen molar-refractivity contribution in [3.63, 3.8) is 0 Å². The van der Waals surface area contributed by atoms with Gasteiger partial charge in [0.25, 0.3) is 5.91 Å². The van der Waals surface area contributed by atoms with Gasteiger partial charge in [-0.25, -0.2) is 0 Å². The molecular weight excluding hydrogens is 620 g/mol. The first kappa shape index (κ1) is 27.7. The van der Waals surface area contributed by atoms with E-state index in [1.807, 2.05) is 54.6 Å². The Morgan fingerprint density at radius 2 is 1.62 bits per heavy atom. The molecule has 1 fully saturated rings. The van der Waals surface area contributed by atoms with Gasteiger partial charge in [0.15, 0.2) is 6.61 Å². The molecule has 0 aromatic heterocycles. The van der Waals surface area contributed by atoms with E-state index in [0.717, 1.165) is 45.8 Å². The number of nitrogens with zero attached hydrogens (tertiary/aromatic N) is 1. The van der Waals surface area contributed by atoms with Gasteiger partial charge in [0, 0.05) is 28.0 Å². The molecule has 37 heavy (non-hydrogen) atoms. The number of hydrogen-bond acceptors (Lipinski definition) is 3. The quantitative estimate of drug-likeness (QED) is 0.259. The van der Waals surface area contributed by atoms with E-state index in [1.165, 1.54) is 0 Å². The summed E-state index contributed by atoms with van der Waals surface area (Å²) in [5, 5.41) is 3.62. The Kier molecular flexibility index (Phi) is 10.1. The number of ether oxygens (including phenoxy) is 1. The summed E-state index contributed by atoms with van der Waals surface area (Å²) in [5.41, 5.74) is 1.91. The Morgan fingerprint density at radius 1 is 0.946 bits per heavy atom. The minimum absolute atomic E-state index is 0.136. The summed E-state index contributed by atoms with van der Waals surface area (Å²) in [6, 6.07) is 22.3. The van der Waals surface area contributed by atoms with Gasteiger partial charge in [0.05, 0.1) is 5.02 Å². The van der Waals surface area contributed by atoms with Crippen LogP contribution in [-0.2, 0) is 22.6 Å². The predicted octanol–water partition coefficient (Wildman–Crippen LogP) is 6.94. The van der Waals surface area contributed by atoms with E-state index in [4.69, 9.17) is 16.3 Å². The highest BCUT2D eigenvalue weighted by molar-refractivity contribution is 9.10. The third kappa shape index (κ3) is 8.06. The smallest absolute Gasteiger partial charge is 0.261 e. The van der Waals surface area contributed by atoms with Crippen molar-refractivity contribution in [2.45, 2.75) is 50.7 Å². The molecule has 4 rings (SSSR count). The Bertz CT molecular complexity index is 1200. The number of nitrogens with one attached hydrogen (secondary N) is 1. The molecule has 0 bridgehead atoms. The van der Waals surface area contributed by atoms with Crippen molar-refractivity contribution in [3.05, 3.63) is 97.9 Å². The van der Waals surface area contributed by atoms with E-state index in [9.17, 15) is 9.59 Å². The van der Waals surface area contributed by atoms with E-state index in [1.54, 1.807) is 23.1 Å². The zero-order valence-corrected chi connectivity index (χ0v) is 24.3. The van der Waals surface area contributed by atoms with Crippen molar-refractivity contribution in [2.75, 3.05) is 6.61 Å². The molecule has 194 valence electrons. The highest BCUT2D eigenvalue weighted by atomic mass is 79.9. The van der Waals surface area contributed by atoms with Gasteiger partial charge in [-0.15, -0.1) is 0 Å². The molecule has 5 nitrogen and oxygen atoms in total. The van der Waals surface area contributed by atoms with Crippen LogP contribution in [0, 0.1) is 0 Å². The van der Waals surface area contributed by atoms with Crippen LogP contribution in [0.3, 0.4) is 0 Å². The first-order valence-electron chi connectivity index (χ1n) is 12.3. The molecule has 1 saturated carbocycles. The Labute approximate surface area is 239 Å². The lowest BCUT2D eigenvalue weighted by Gasteiger charge is -2.32. The van der Waals surface area contributed by atoms with Crippen LogP contribution in [0.4, 0.5) is 0 Å². The third-order valence-electron chi connectivity index (χ3n) is 6.48. The van der Waals surface area contributed by atoms with Crippen molar-refractivity contribution >= 4 is 55.3 Å². The number of benzene rings is 3. The first-order chi connectivity index (χ1) is 17.9. The number of halogens is 3. The summed E-state index contributed by atoms with van der Waals surface area (Å²) in [6.45, 7) is 0.0407. The van der Waals surface area contributed by atoms with Crippen LogP contribution in [0.5, 0.6) is 5.75 Å². The summed E-state index contributed by atoms with van der Waals surface area (Å²) in [6.07, 6.45) is 4.56. The predicted molar refractivity (Wildman–Crippen MR) is 154 cm³/mol. The van der Waals surface area contributed by atoms with Crippen molar-refractivity contribution in [3.8, 4) is 5.75 Å². The molecule has 0 aliphatic heterocycles. The molecule has 0 heterocycles. The zero-order valence-electron chi connectivity index (χ0n) is 20.3. The van der Waals surface area contributed by atoms with Crippen molar-refractivity contribution in [1.82, 2.24) is 10.2 Å². The second-order valence-corrected chi connectivity index (χ2v) is 11.4. The van der Waals surface area contributed by atoms with Gasteiger partial charge in [-0.05, 0) is 54.3 Å². The number of rotatable bonds is 10. The summed E-state index contributed by atoms with van der Waals surface area (Å²) in [7, 11) is 0. The maximum atomic E-state index is 13.7. The summed E-state index contributed by atoms with van der Waals surface area (Å²) >= 11 is 13.2. The van der Waals surface area contributed by atoms with Gasteiger partial charge in [-0.3, -0.25) is 9.59 Å². The average Bonchev–Trinajstić information content (AvgIpc) is 3.40. The molecular formula is C29H29Br2ClN2O3. The molecule has 1 aliphatic rings. The van der Waals surface area contributed by atoms with Gasteiger partial charge >= 0.3 is 0 Å². The molecule has 0 unspecified atom stereocenters. The maximum absolute atomic E-state index is 13.7. The van der Waals surface area contributed by atoms with Crippen LogP contribution in [0.2, 0.25) is 5.02 Å². The van der Waals surface area contributed by atoms with Gasteiger partial charge < -0.3 is 15.0 Å². The Morgan fingerprint density at radius 3 is 2.30 bits per heavy atom. The van der Waals surface area contributed by atoms with Gasteiger partial charge in [-0.2, -0.15) is 0 Å². The minimum Gasteiger partial charge on any atom is -0.482 e. The summed E-state index contributed by atoms with van der Waals surface area (Å²) in [4.78, 5) is 29.0. The molecule has 0 saturated heterocycles. The van der Waals surface area contributed by atoms with Crippen LogP contribution < -0.4 is 10.1 Å². The molecule has 1 aliphatic carbocycles. The van der Waals surface area contributed by atoms with Gasteiger partial charge in [0.1, 0.15) is 11.8 Å². The van der Waals surface area contributed by atoms with Gasteiger partial charge in [0.2, 0.25) is 5.91 Å². The molecule has 8 heteroatoms. The lowest BCUT2D eigenvalue weighted by molar-refractivity contribution is -0.143. The number of carbonyl (C=O) groups is 2. The summed E-state index contributed by atoms with van der Waals surface area (Å²) < 4.78 is 7.59. The molecule has 2 amide bonds. The highest BCUT2D eigenvalue weighted by Crippen LogP contribution is 2.28. The second-order valence-electron chi connectivity index (χ2n) is 9.21. The number of hydrogen-bond donors (Lipinski definition) is 1. The fraction of sp³-hybridized carbons (Fsp3) is 0.310. The molecule has 1 atom stereocenters. The third-order valence-corrected chi connectivity index (χ3v) is 7.80. The van der Waals surface area contributed by atoms with E-state index < -0.39 is 6.04 Å².